The number of halogens is 4. The zero-order valence-electron chi connectivity index (χ0n) is 14.9. The minimum absolute atomic E-state index is 0.0509. The molecule has 2 aromatic rings. The zero-order valence-corrected chi connectivity index (χ0v) is 16.4. The third-order valence-corrected chi connectivity index (χ3v) is 4.61. The van der Waals surface area contributed by atoms with Crippen molar-refractivity contribution in [3.63, 3.8) is 0 Å². The van der Waals surface area contributed by atoms with E-state index in [4.69, 9.17) is 27.9 Å². The van der Waals surface area contributed by atoms with Crippen LogP contribution in [-0.4, -0.2) is 25.5 Å². The second-order valence-electron chi connectivity index (χ2n) is 5.79. The van der Waals surface area contributed by atoms with E-state index in [0.717, 1.165) is 12.1 Å². The van der Waals surface area contributed by atoms with Crippen molar-refractivity contribution >= 4 is 35.0 Å². The molecule has 2 amide bonds. The first kappa shape index (κ1) is 21.9. The first-order valence-electron chi connectivity index (χ1n) is 8.36. The Morgan fingerprint density at radius 3 is 2.57 bits per heavy atom. The maximum Gasteiger partial charge on any atom is 0.246 e. The van der Waals surface area contributed by atoms with Crippen LogP contribution in [-0.2, 0) is 9.59 Å². The third kappa shape index (κ3) is 5.81. The van der Waals surface area contributed by atoms with Crippen LogP contribution in [0.3, 0.4) is 0 Å². The van der Waals surface area contributed by atoms with Gasteiger partial charge in [0.1, 0.15) is 16.8 Å². The number of carbonyl (C=O) groups excluding carboxylic acids is 2. The second kappa shape index (κ2) is 10.2. The largest absolute Gasteiger partial charge is 0.492 e. The molecule has 28 heavy (non-hydrogen) atoms. The normalized spacial score (nSPS) is 11.6. The molecule has 1 unspecified atom stereocenters. The van der Waals surface area contributed by atoms with E-state index in [1.165, 1.54) is 13.1 Å². The molecule has 2 N–H and O–H groups in total. The summed E-state index contributed by atoms with van der Waals surface area (Å²) in [5.41, 5.74) is 0.133. The van der Waals surface area contributed by atoms with E-state index in [1.54, 1.807) is 18.2 Å². The van der Waals surface area contributed by atoms with Crippen LogP contribution in [0.1, 0.15) is 24.4 Å². The van der Waals surface area contributed by atoms with Crippen molar-refractivity contribution in [3.8, 4) is 5.75 Å². The van der Waals surface area contributed by atoms with Crippen LogP contribution in [0.4, 0.5) is 8.78 Å². The number of nitrogens with one attached hydrogen (secondary N) is 2. The van der Waals surface area contributed by atoms with Gasteiger partial charge in [-0.2, -0.15) is 0 Å². The third-order valence-electron chi connectivity index (χ3n) is 3.81. The number of likely N-dealkylation sites (N-methyl/N-ethyl adjacent to an activating group) is 1. The minimum atomic E-state index is -1.14. The number of ether oxygens (including phenoxy) is 1. The molecular weight excluding hydrogens is 413 g/mol. The Hall–Kier alpha value is -2.38. The van der Waals surface area contributed by atoms with Gasteiger partial charge in [0, 0.05) is 13.5 Å². The van der Waals surface area contributed by atoms with Gasteiger partial charge in [-0.05, 0) is 36.2 Å². The van der Waals surface area contributed by atoms with Crippen molar-refractivity contribution in [2.75, 3.05) is 13.7 Å². The van der Waals surface area contributed by atoms with E-state index in [0.29, 0.717) is 17.2 Å². The Bertz CT molecular complexity index is 865. The molecule has 5 nitrogen and oxygen atoms in total. The Labute approximate surface area is 171 Å². The highest BCUT2D eigenvalue weighted by Crippen LogP contribution is 2.31. The van der Waals surface area contributed by atoms with E-state index < -0.39 is 29.5 Å². The molecule has 0 saturated heterocycles. The molecule has 0 radical (unpaired) electrons. The van der Waals surface area contributed by atoms with Crippen LogP contribution < -0.4 is 15.4 Å². The number of benzene rings is 2. The molecule has 9 heteroatoms. The van der Waals surface area contributed by atoms with E-state index in [2.05, 4.69) is 10.6 Å². The fourth-order valence-corrected chi connectivity index (χ4v) is 2.73. The average Bonchev–Trinajstić information content (AvgIpc) is 2.68. The van der Waals surface area contributed by atoms with Crippen LogP contribution in [0, 0.1) is 11.6 Å². The van der Waals surface area contributed by atoms with E-state index in [-0.39, 0.29) is 23.6 Å². The lowest BCUT2D eigenvalue weighted by Gasteiger charge is -2.18. The fourth-order valence-electron chi connectivity index (χ4n) is 2.38. The maximum absolute atomic E-state index is 13.5. The summed E-state index contributed by atoms with van der Waals surface area (Å²) >= 11 is 11.9. The van der Waals surface area contributed by atoms with Crippen molar-refractivity contribution in [2.24, 2.45) is 0 Å². The summed E-state index contributed by atoms with van der Waals surface area (Å²) in [7, 11) is 1.38. The molecule has 2 rings (SSSR count). The molecular formula is C19H18Cl2F2N2O3. The lowest BCUT2D eigenvalue weighted by Crippen LogP contribution is -2.39. The minimum Gasteiger partial charge on any atom is -0.492 e. The molecule has 0 spiro atoms. The summed E-state index contributed by atoms with van der Waals surface area (Å²) in [6, 6.07) is 6.83. The van der Waals surface area contributed by atoms with Crippen LogP contribution in [0.15, 0.2) is 36.4 Å². The van der Waals surface area contributed by atoms with Gasteiger partial charge in [0.05, 0.1) is 11.6 Å². The number of hydrogen-bond acceptors (Lipinski definition) is 3. The summed E-state index contributed by atoms with van der Waals surface area (Å²) in [5.74, 6) is -2.74. The van der Waals surface area contributed by atoms with E-state index in [1.807, 2.05) is 0 Å². The van der Waals surface area contributed by atoms with Crippen molar-refractivity contribution in [2.45, 2.75) is 18.9 Å². The molecule has 0 aliphatic rings. The van der Waals surface area contributed by atoms with Crippen molar-refractivity contribution in [1.29, 1.82) is 0 Å². The van der Waals surface area contributed by atoms with Gasteiger partial charge < -0.3 is 15.4 Å². The van der Waals surface area contributed by atoms with Gasteiger partial charge in [-0.1, -0.05) is 35.3 Å². The van der Waals surface area contributed by atoms with Crippen LogP contribution in [0.2, 0.25) is 10.0 Å². The SMILES string of the molecule is CNC(=O)C(NC(=O)CCCOc1cccc(Cl)c1Cl)c1ccc(F)c(F)c1. The van der Waals surface area contributed by atoms with Gasteiger partial charge in [0.15, 0.2) is 11.6 Å². The highest BCUT2D eigenvalue weighted by atomic mass is 35.5. The van der Waals surface area contributed by atoms with E-state index in [9.17, 15) is 18.4 Å². The van der Waals surface area contributed by atoms with Gasteiger partial charge >= 0.3 is 0 Å². The summed E-state index contributed by atoms with van der Waals surface area (Å²) in [6.07, 6.45) is 0.391. The molecule has 0 bridgehead atoms. The standard InChI is InChI=1S/C19H18Cl2F2N2O3/c1-24-19(27)18(11-7-8-13(22)14(23)10-11)25-16(26)6-3-9-28-15-5-2-4-12(20)17(15)21/h2,4-5,7-8,10,18H,3,6,9H2,1H3,(H,24,27)(H,25,26). The lowest BCUT2D eigenvalue weighted by molar-refractivity contribution is -0.129. The van der Waals surface area contributed by atoms with Crippen molar-refractivity contribution < 1.29 is 23.1 Å². The smallest absolute Gasteiger partial charge is 0.246 e. The Kier molecular flexibility index (Phi) is 8.02. The Morgan fingerprint density at radius 1 is 1.14 bits per heavy atom. The monoisotopic (exact) mass is 430 g/mol. The predicted molar refractivity (Wildman–Crippen MR) is 102 cm³/mol. The van der Waals surface area contributed by atoms with Gasteiger partial charge in [0.2, 0.25) is 11.8 Å². The summed E-state index contributed by atoms with van der Waals surface area (Å²) in [4.78, 5) is 24.2. The van der Waals surface area contributed by atoms with Gasteiger partial charge in [-0.15, -0.1) is 0 Å². The first-order chi connectivity index (χ1) is 13.3. The molecule has 150 valence electrons. The molecule has 0 fully saturated rings. The van der Waals surface area contributed by atoms with Crippen molar-refractivity contribution in [3.05, 3.63) is 63.6 Å². The Morgan fingerprint density at radius 2 is 1.89 bits per heavy atom. The summed E-state index contributed by atoms with van der Waals surface area (Å²) in [5, 5.41) is 5.53. The second-order valence-corrected chi connectivity index (χ2v) is 6.58. The topological polar surface area (TPSA) is 67.4 Å². The molecule has 0 heterocycles. The van der Waals surface area contributed by atoms with E-state index >= 15 is 0 Å². The quantitative estimate of drug-likeness (QED) is 0.621. The summed E-state index contributed by atoms with van der Waals surface area (Å²) in [6.45, 7) is 0.198. The summed E-state index contributed by atoms with van der Waals surface area (Å²) < 4.78 is 32.1. The van der Waals surface area contributed by atoms with Gasteiger partial charge in [-0.3, -0.25) is 9.59 Å². The molecule has 2 aromatic carbocycles. The van der Waals surface area contributed by atoms with Crippen LogP contribution >= 0.6 is 23.2 Å². The first-order valence-corrected chi connectivity index (χ1v) is 9.11. The lowest BCUT2D eigenvalue weighted by atomic mass is 10.1. The highest BCUT2D eigenvalue weighted by Gasteiger charge is 2.22. The fraction of sp³-hybridized carbons (Fsp3) is 0.263. The molecule has 0 aliphatic carbocycles. The van der Waals surface area contributed by atoms with Gasteiger partial charge in [-0.25, -0.2) is 8.78 Å². The number of carbonyl (C=O) groups is 2. The number of amides is 2. The predicted octanol–water partition coefficient (Wildman–Crippen LogP) is 4.03. The molecule has 0 aliphatic heterocycles. The average molecular weight is 431 g/mol. The molecule has 1 atom stereocenters. The van der Waals surface area contributed by atoms with Crippen LogP contribution in [0.5, 0.6) is 5.75 Å². The van der Waals surface area contributed by atoms with Gasteiger partial charge in [0.25, 0.3) is 0 Å². The van der Waals surface area contributed by atoms with Crippen LogP contribution in [0.25, 0.3) is 0 Å². The molecule has 0 saturated carbocycles. The number of hydrogen-bond donors (Lipinski definition) is 2. The zero-order chi connectivity index (χ0) is 20.7. The van der Waals surface area contributed by atoms with Crippen molar-refractivity contribution in [1.82, 2.24) is 10.6 Å². The highest BCUT2D eigenvalue weighted by molar-refractivity contribution is 6.42. The number of rotatable bonds is 8. The molecule has 0 aromatic heterocycles. The maximum atomic E-state index is 13.5. The Balaban J connectivity index is 1.92.